The quantitative estimate of drug-likeness (QED) is 0.471. The van der Waals surface area contributed by atoms with Gasteiger partial charge in [0.2, 0.25) is 11.8 Å². The van der Waals surface area contributed by atoms with Gasteiger partial charge in [-0.1, -0.05) is 12.8 Å². The molecule has 1 aliphatic carbocycles. The molecule has 0 radical (unpaired) electrons. The van der Waals surface area contributed by atoms with Crippen LogP contribution in [0.2, 0.25) is 0 Å². The standard InChI is InChI=1S/C19H36N6O3/c1-13(26)24-8-5-9-25(11-10-24)19-21-12-14(17(20)27)18(23-19)22-15-6-3-4-7-16(15)28-2/h14-16,18-19,21-23H,3-12H2,1-2H3,(H2,20,27). The maximum absolute atomic E-state index is 12.0. The average Bonchev–Trinajstić information content (AvgIpc) is 2.94. The monoisotopic (exact) mass is 396 g/mol. The lowest BCUT2D eigenvalue weighted by molar-refractivity contribution is -0.129. The van der Waals surface area contributed by atoms with E-state index in [1.165, 1.54) is 12.8 Å². The summed E-state index contributed by atoms with van der Waals surface area (Å²) in [6.45, 7) is 5.36. The largest absolute Gasteiger partial charge is 0.380 e. The fraction of sp³-hybridized carbons (Fsp3) is 0.895. The molecule has 0 aromatic carbocycles. The summed E-state index contributed by atoms with van der Waals surface area (Å²) < 4.78 is 5.66. The van der Waals surface area contributed by atoms with Gasteiger partial charge >= 0.3 is 0 Å². The van der Waals surface area contributed by atoms with Gasteiger partial charge in [0.25, 0.3) is 0 Å². The zero-order chi connectivity index (χ0) is 20.1. The summed E-state index contributed by atoms with van der Waals surface area (Å²) in [6, 6.07) is 0.217. The van der Waals surface area contributed by atoms with Gasteiger partial charge in [-0.05, 0) is 19.3 Å². The number of amides is 2. The van der Waals surface area contributed by atoms with Crippen LogP contribution in [0.1, 0.15) is 39.0 Å². The van der Waals surface area contributed by atoms with Crippen molar-refractivity contribution in [1.29, 1.82) is 0 Å². The Morgan fingerprint density at radius 1 is 1.11 bits per heavy atom. The second-order valence-electron chi connectivity index (χ2n) is 8.19. The Bertz CT molecular complexity index is 548. The number of nitrogens with two attached hydrogens (primary N) is 1. The van der Waals surface area contributed by atoms with Gasteiger partial charge in [-0.3, -0.25) is 30.4 Å². The van der Waals surface area contributed by atoms with E-state index >= 15 is 0 Å². The molecule has 9 nitrogen and oxygen atoms in total. The lowest BCUT2D eigenvalue weighted by Gasteiger charge is -2.44. The van der Waals surface area contributed by atoms with Gasteiger partial charge in [0, 0.05) is 52.8 Å². The molecular weight excluding hydrogens is 360 g/mol. The van der Waals surface area contributed by atoms with Gasteiger partial charge in [0.05, 0.1) is 18.2 Å². The van der Waals surface area contributed by atoms with E-state index in [1.807, 2.05) is 4.90 Å². The van der Waals surface area contributed by atoms with Gasteiger partial charge in [-0.2, -0.15) is 0 Å². The van der Waals surface area contributed by atoms with Crippen molar-refractivity contribution in [3.8, 4) is 0 Å². The minimum absolute atomic E-state index is 0.0513. The number of hydrogen-bond acceptors (Lipinski definition) is 7. The highest BCUT2D eigenvalue weighted by molar-refractivity contribution is 5.77. The first kappa shape index (κ1) is 21.4. The molecule has 2 aliphatic heterocycles. The molecule has 5 N–H and O–H groups in total. The van der Waals surface area contributed by atoms with E-state index in [2.05, 4.69) is 20.9 Å². The molecule has 2 heterocycles. The van der Waals surface area contributed by atoms with Crippen LogP contribution in [-0.2, 0) is 14.3 Å². The number of methoxy groups -OCH3 is 1. The Morgan fingerprint density at radius 2 is 1.89 bits per heavy atom. The number of ether oxygens (including phenoxy) is 1. The number of carbonyl (C=O) groups excluding carboxylic acids is 2. The van der Waals surface area contributed by atoms with Crippen molar-refractivity contribution >= 4 is 11.8 Å². The van der Waals surface area contributed by atoms with Crippen LogP contribution < -0.4 is 21.7 Å². The molecule has 2 saturated heterocycles. The maximum Gasteiger partial charge on any atom is 0.224 e. The van der Waals surface area contributed by atoms with E-state index in [4.69, 9.17) is 10.5 Å². The van der Waals surface area contributed by atoms with Crippen LogP contribution in [0.5, 0.6) is 0 Å². The predicted octanol–water partition coefficient (Wildman–Crippen LogP) is -1.01. The summed E-state index contributed by atoms with van der Waals surface area (Å²) in [5.74, 6) is -0.501. The van der Waals surface area contributed by atoms with Crippen molar-refractivity contribution in [3.63, 3.8) is 0 Å². The summed E-state index contributed by atoms with van der Waals surface area (Å²) in [4.78, 5) is 27.9. The number of hydrogen-bond donors (Lipinski definition) is 4. The highest BCUT2D eigenvalue weighted by Gasteiger charge is 2.38. The van der Waals surface area contributed by atoms with Crippen LogP contribution in [0, 0.1) is 5.92 Å². The Morgan fingerprint density at radius 3 is 2.61 bits per heavy atom. The Labute approximate surface area is 167 Å². The first-order valence-electron chi connectivity index (χ1n) is 10.6. The third kappa shape index (κ3) is 5.21. The highest BCUT2D eigenvalue weighted by atomic mass is 16.5. The molecule has 3 rings (SSSR count). The molecular formula is C19H36N6O3. The first-order valence-corrected chi connectivity index (χ1v) is 10.6. The summed E-state index contributed by atoms with van der Waals surface area (Å²) in [7, 11) is 1.76. The smallest absolute Gasteiger partial charge is 0.224 e. The fourth-order valence-electron chi connectivity index (χ4n) is 4.68. The Kier molecular flexibility index (Phi) is 7.64. The first-order chi connectivity index (χ1) is 13.5. The van der Waals surface area contributed by atoms with Gasteiger partial charge in [-0.15, -0.1) is 0 Å². The topological polar surface area (TPSA) is 112 Å². The summed E-state index contributed by atoms with van der Waals surface area (Å²) in [6.07, 6.45) is 5.28. The molecule has 0 aromatic rings. The number of nitrogens with one attached hydrogen (secondary N) is 3. The second-order valence-corrected chi connectivity index (χ2v) is 8.19. The van der Waals surface area contributed by atoms with Gasteiger partial charge in [0.1, 0.15) is 6.29 Å². The third-order valence-corrected chi connectivity index (χ3v) is 6.38. The molecule has 3 fully saturated rings. The molecule has 5 unspecified atom stereocenters. The lowest BCUT2D eigenvalue weighted by Crippen LogP contribution is -2.72. The SMILES string of the molecule is COC1CCCCC1NC1NC(N2CCCN(C(C)=O)CC2)NCC1C(N)=O. The van der Waals surface area contributed by atoms with Crippen molar-refractivity contribution in [2.75, 3.05) is 39.8 Å². The van der Waals surface area contributed by atoms with Crippen LogP contribution in [0.3, 0.4) is 0 Å². The molecule has 5 atom stereocenters. The van der Waals surface area contributed by atoms with Crippen LogP contribution in [0.15, 0.2) is 0 Å². The van der Waals surface area contributed by atoms with E-state index in [9.17, 15) is 9.59 Å². The minimum Gasteiger partial charge on any atom is -0.380 e. The highest BCUT2D eigenvalue weighted by Crippen LogP contribution is 2.22. The van der Waals surface area contributed by atoms with Gasteiger partial charge < -0.3 is 15.4 Å². The molecule has 0 bridgehead atoms. The van der Waals surface area contributed by atoms with Crippen LogP contribution in [0.4, 0.5) is 0 Å². The minimum atomic E-state index is -0.323. The molecule has 2 amide bonds. The van der Waals surface area contributed by atoms with Crippen LogP contribution in [0.25, 0.3) is 0 Å². The summed E-state index contributed by atoms with van der Waals surface area (Å²) in [5.41, 5.74) is 5.68. The van der Waals surface area contributed by atoms with E-state index in [0.29, 0.717) is 6.54 Å². The molecule has 0 spiro atoms. The zero-order valence-electron chi connectivity index (χ0n) is 17.2. The second kappa shape index (κ2) is 9.98. The van der Waals surface area contributed by atoms with Crippen LogP contribution in [-0.4, -0.2) is 86.0 Å². The third-order valence-electron chi connectivity index (χ3n) is 6.38. The molecule has 28 heavy (non-hydrogen) atoms. The molecule has 3 aliphatic rings. The predicted molar refractivity (Wildman–Crippen MR) is 106 cm³/mol. The van der Waals surface area contributed by atoms with Gasteiger partial charge in [0.15, 0.2) is 0 Å². The molecule has 0 aromatic heterocycles. The van der Waals surface area contributed by atoms with Crippen LogP contribution >= 0.6 is 0 Å². The molecule has 1 saturated carbocycles. The van der Waals surface area contributed by atoms with E-state index in [-0.39, 0.29) is 42.3 Å². The van der Waals surface area contributed by atoms with Crippen molar-refractivity contribution < 1.29 is 14.3 Å². The van der Waals surface area contributed by atoms with Crippen molar-refractivity contribution in [2.24, 2.45) is 11.7 Å². The summed E-state index contributed by atoms with van der Waals surface area (Å²) in [5, 5.41) is 10.6. The zero-order valence-corrected chi connectivity index (χ0v) is 17.2. The van der Waals surface area contributed by atoms with E-state index in [1.54, 1.807) is 14.0 Å². The summed E-state index contributed by atoms with van der Waals surface area (Å²) >= 11 is 0. The Balaban J connectivity index is 1.64. The number of rotatable bonds is 5. The van der Waals surface area contributed by atoms with Gasteiger partial charge in [-0.25, -0.2) is 0 Å². The normalized spacial score (nSPS) is 35.4. The molecule has 9 heteroatoms. The molecule has 160 valence electrons. The average molecular weight is 397 g/mol. The van der Waals surface area contributed by atoms with Crippen molar-refractivity contribution in [2.45, 2.75) is 63.6 Å². The van der Waals surface area contributed by atoms with E-state index < -0.39 is 0 Å². The van der Waals surface area contributed by atoms with Crippen molar-refractivity contribution in [1.82, 2.24) is 25.8 Å². The van der Waals surface area contributed by atoms with E-state index in [0.717, 1.165) is 45.4 Å². The fourth-order valence-corrected chi connectivity index (χ4v) is 4.68. The number of carbonyl (C=O) groups is 2. The Hall–Kier alpha value is -1.26. The number of primary amides is 1. The number of nitrogens with zero attached hydrogens (tertiary/aromatic N) is 2. The lowest BCUT2D eigenvalue weighted by atomic mass is 9.91. The maximum atomic E-state index is 12.0. The van der Waals surface area contributed by atoms with Crippen molar-refractivity contribution in [3.05, 3.63) is 0 Å².